The number of hydrogen-bond donors (Lipinski definition) is 3. The summed E-state index contributed by atoms with van der Waals surface area (Å²) in [6, 6.07) is 12.9. The highest BCUT2D eigenvalue weighted by molar-refractivity contribution is 7.89. The van der Waals surface area contributed by atoms with Crippen LogP contribution in [0.4, 0.5) is 0 Å². The van der Waals surface area contributed by atoms with Crippen molar-refractivity contribution in [3.63, 3.8) is 0 Å². The number of sulfonamides is 1. The summed E-state index contributed by atoms with van der Waals surface area (Å²) in [6.07, 6.45) is 2.58. The Morgan fingerprint density at radius 2 is 1.93 bits per heavy atom. The van der Waals surface area contributed by atoms with E-state index in [1.807, 2.05) is 30.3 Å². The number of nitrogens with two attached hydrogens (primary N) is 1. The molecule has 4 N–H and O–H groups in total. The molecule has 28 heavy (non-hydrogen) atoms. The van der Waals surface area contributed by atoms with Gasteiger partial charge in [0.1, 0.15) is 0 Å². The molecule has 4 rings (SSSR count). The predicted molar refractivity (Wildman–Crippen MR) is 105 cm³/mol. The molecular weight excluding hydrogens is 376 g/mol. The standard InChI is InChI=1S/C19H22N6O2S/c1-19(9-10-19)12-21-11-13-5-7-14(8-6-13)15-3-2-4-16(28(20,26)27)17(15)18-22-24-25-23-18/h2-8,21H,9-12H2,1H3,(H2,20,26,27)(H,22,23,24,25). The summed E-state index contributed by atoms with van der Waals surface area (Å²) in [7, 11) is -3.95. The van der Waals surface area contributed by atoms with E-state index in [4.69, 9.17) is 5.14 Å². The summed E-state index contributed by atoms with van der Waals surface area (Å²) in [6.45, 7) is 4.11. The van der Waals surface area contributed by atoms with Gasteiger partial charge in [-0.25, -0.2) is 13.6 Å². The second-order valence-electron chi connectivity index (χ2n) is 7.57. The van der Waals surface area contributed by atoms with Crippen molar-refractivity contribution in [1.82, 2.24) is 25.9 Å². The molecule has 0 saturated heterocycles. The number of nitrogens with one attached hydrogen (secondary N) is 2. The molecule has 1 aliphatic carbocycles. The highest BCUT2D eigenvalue weighted by Gasteiger charge is 2.36. The zero-order valence-corrected chi connectivity index (χ0v) is 16.3. The Morgan fingerprint density at radius 3 is 2.54 bits per heavy atom. The number of benzene rings is 2. The lowest BCUT2D eigenvalue weighted by Gasteiger charge is -2.13. The van der Waals surface area contributed by atoms with E-state index in [2.05, 4.69) is 32.9 Å². The third-order valence-electron chi connectivity index (χ3n) is 5.15. The van der Waals surface area contributed by atoms with Crippen molar-refractivity contribution in [2.75, 3.05) is 6.54 Å². The van der Waals surface area contributed by atoms with E-state index in [0.29, 0.717) is 16.5 Å². The first kappa shape index (κ1) is 18.7. The van der Waals surface area contributed by atoms with E-state index in [1.165, 1.54) is 18.9 Å². The van der Waals surface area contributed by atoms with Crippen LogP contribution in [0.15, 0.2) is 47.4 Å². The molecule has 0 unspecified atom stereocenters. The molecule has 0 spiro atoms. The molecule has 3 aromatic rings. The number of H-pyrrole nitrogens is 1. The first-order valence-corrected chi connectivity index (χ1v) is 10.6. The van der Waals surface area contributed by atoms with Gasteiger partial charge in [0.05, 0.1) is 10.5 Å². The van der Waals surface area contributed by atoms with Crippen molar-refractivity contribution in [2.24, 2.45) is 10.6 Å². The zero-order chi connectivity index (χ0) is 19.8. The van der Waals surface area contributed by atoms with Crippen molar-refractivity contribution < 1.29 is 8.42 Å². The monoisotopic (exact) mass is 398 g/mol. The predicted octanol–water partition coefficient (Wildman–Crippen LogP) is 2.07. The molecule has 0 atom stereocenters. The van der Waals surface area contributed by atoms with Gasteiger partial charge in [-0.15, -0.1) is 10.2 Å². The lowest BCUT2D eigenvalue weighted by Crippen LogP contribution is -2.21. The fourth-order valence-corrected chi connectivity index (χ4v) is 3.96. The minimum atomic E-state index is -3.95. The number of primary sulfonamides is 1. The van der Waals surface area contributed by atoms with Crippen LogP contribution in [0.3, 0.4) is 0 Å². The molecule has 1 aromatic heterocycles. The van der Waals surface area contributed by atoms with Crippen LogP contribution in [0.2, 0.25) is 0 Å². The Bertz CT molecular complexity index is 1070. The van der Waals surface area contributed by atoms with Crippen LogP contribution in [-0.2, 0) is 16.6 Å². The van der Waals surface area contributed by atoms with Gasteiger partial charge in [0, 0.05) is 13.1 Å². The molecule has 0 bridgehead atoms. The van der Waals surface area contributed by atoms with Crippen LogP contribution >= 0.6 is 0 Å². The Hall–Kier alpha value is -2.62. The van der Waals surface area contributed by atoms with E-state index in [1.54, 1.807) is 6.07 Å². The number of aromatic nitrogens is 4. The molecule has 2 aromatic carbocycles. The second kappa shape index (κ2) is 7.08. The van der Waals surface area contributed by atoms with Crippen LogP contribution in [0.1, 0.15) is 25.3 Å². The maximum atomic E-state index is 12.1. The number of hydrogen-bond acceptors (Lipinski definition) is 6. The molecule has 0 aliphatic heterocycles. The summed E-state index contributed by atoms with van der Waals surface area (Å²) in [5.41, 5.74) is 3.50. The fourth-order valence-electron chi connectivity index (χ4n) is 3.21. The minimum Gasteiger partial charge on any atom is -0.312 e. The van der Waals surface area contributed by atoms with E-state index < -0.39 is 10.0 Å². The summed E-state index contributed by atoms with van der Waals surface area (Å²) >= 11 is 0. The van der Waals surface area contributed by atoms with Gasteiger partial charge in [-0.2, -0.15) is 5.21 Å². The lowest BCUT2D eigenvalue weighted by atomic mass is 9.98. The van der Waals surface area contributed by atoms with Crippen LogP contribution in [-0.4, -0.2) is 35.6 Å². The summed E-state index contributed by atoms with van der Waals surface area (Å²) in [5, 5.41) is 22.7. The van der Waals surface area contributed by atoms with Crippen LogP contribution in [0.25, 0.3) is 22.5 Å². The zero-order valence-electron chi connectivity index (χ0n) is 15.5. The topological polar surface area (TPSA) is 127 Å². The first-order valence-electron chi connectivity index (χ1n) is 9.05. The Labute approximate surface area is 163 Å². The number of nitrogens with zero attached hydrogens (tertiary/aromatic N) is 3. The third kappa shape index (κ3) is 3.96. The second-order valence-corrected chi connectivity index (χ2v) is 9.10. The normalized spacial score (nSPS) is 15.5. The summed E-state index contributed by atoms with van der Waals surface area (Å²) in [4.78, 5) is -0.0326. The van der Waals surface area contributed by atoms with Gasteiger partial charge in [-0.1, -0.05) is 43.3 Å². The van der Waals surface area contributed by atoms with Crippen LogP contribution in [0.5, 0.6) is 0 Å². The molecule has 1 heterocycles. The minimum absolute atomic E-state index is 0.0326. The largest absolute Gasteiger partial charge is 0.312 e. The molecule has 0 radical (unpaired) electrons. The number of rotatable bonds is 7. The SMILES string of the molecule is CC1(CNCc2ccc(-c3cccc(S(N)(=O)=O)c3-c3nn[nH]n3)cc2)CC1. The van der Waals surface area contributed by atoms with Gasteiger partial charge in [-0.3, -0.25) is 0 Å². The van der Waals surface area contributed by atoms with Gasteiger partial charge >= 0.3 is 0 Å². The molecule has 1 fully saturated rings. The molecular formula is C19H22N6O2S. The van der Waals surface area contributed by atoms with Crippen molar-refractivity contribution in [1.29, 1.82) is 0 Å². The smallest absolute Gasteiger partial charge is 0.238 e. The molecule has 0 amide bonds. The Kier molecular flexibility index (Phi) is 4.74. The van der Waals surface area contributed by atoms with Gasteiger partial charge in [0.25, 0.3) is 0 Å². The van der Waals surface area contributed by atoms with Crippen LogP contribution in [0, 0.1) is 5.41 Å². The first-order chi connectivity index (χ1) is 13.4. The van der Waals surface area contributed by atoms with Gasteiger partial charge in [-0.05, 0) is 46.2 Å². The molecule has 1 aliphatic rings. The highest BCUT2D eigenvalue weighted by Crippen LogP contribution is 2.44. The Balaban J connectivity index is 1.65. The molecule has 8 nitrogen and oxygen atoms in total. The van der Waals surface area contributed by atoms with Gasteiger partial charge in [0.15, 0.2) is 0 Å². The van der Waals surface area contributed by atoms with E-state index in [9.17, 15) is 8.42 Å². The van der Waals surface area contributed by atoms with E-state index >= 15 is 0 Å². The molecule has 146 valence electrons. The van der Waals surface area contributed by atoms with E-state index in [-0.39, 0.29) is 10.7 Å². The third-order valence-corrected chi connectivity index (χ3v) is 6.10. The molecule has 1 saturated carbocycles. The fraction of sp³-hybridized carbons (Fsp3) is 0.316. The average Bonchev–Trinajstić information content (AvgIpc) is 3.17. The quantitative estimate of drug-likeness (QED) is 0.559. The van der Waals surface area contributed by atoms with E-state index in [0.717, 1.165) is 24.2 Å². The maximum Gasteiger partial charge on any atom is 0.238 e. The molecule has 9 heteroatoms. The van der Waals surface area contributed by atoms with Crippen molar-refractivity contribution >= 4 is 10.0 Å². The van der Waals surface area contributed by atoms with Crippen molar-refractivity contribution in [3.05, 3.63) is 48.0 Å². The average molecular weight is 398 g/mol. The maximum absolute atomic E-state index is 12.1. The number of tetrazole rings is 1. The van der Waals surface area contributed by atoms with Crippen LogP contribution < -0.4 is 10.5 Å². The van der Waals surface area contributed by atoms with Crippen molar-refractivity contribution in [2.45, 2.75) is 31.2 Å². The van der Waals surface area contributed by atoms with Gasteiger partial charge in [0.2, 0.25) is 15.8 Å². The van der Waals surface area contributed by atoms with Crippen molar-refractivity contribution in [3.8, 4) is 22.5 Å². The summed E-state index contributed by atoms with van der Waals surface area (Å²) in [5.74, 6) is 0.183. The lowest BCUT2D eigenvalue weighted by molar-refractivity contribution is 0.499. The number of aromatic amines is 1. The Morgan fingerprint density at radius 1 is 1.18 bits per heavy atom. The summed E-state index contributed by atoms with van der Waals surface area (Å²) < 4.78 is 24.1. The highest BCUT2D eigenvalue weighted by atomic mass is 32.2. The van der Waals surface area contributed by atoms with Gasteiger partial charge < -0.3 is 5.32 Å².